The van der Waals surface area contributed by atoms with Crippen molar-refractivity contribution in [2.75, 3.05) is 27.2 Å². The zero-order valence-corrected chi connectivity index (χ0v) is 10.9. The van der Waals surface area contributed by atoms with Gasteiger partial charge in [-0.25, -0.2) is 0 Å². The highest BCUT2D eigenvalue weighted by molar-refractivity contribution is 5.81. The van der Waals surface area contributed by atoms with Crippen LogP contribution in [0, 0.1) is 5.92 Å². The summed E-state index contributed by atoms with van der Waals surface area (Å²) in [6.07, 6.45) is 7.15. The highest BCUT2D eigenvalue weighted by Gasteiger charge is 2.28. The van der Waals surface area contributed by atoms with Crippen LogP contribution in [0.25, 0.3) is 0 Å². The van der Waals surface area contributed by atoms with E-state index < -0.39 is 0 Å². The molecule has 1 fully saturated rings. The van der Waals surface area contributed by atoms with Crippen molar-refractivity contribution >= 4 is 5.96 Å². The van der Waals surface area contributed by atoms with Crippen LogP contribution in [-0.2, 0) is 0 Å². The Morgan fingerprint density at radius 2 is 1.94 bits per heavy atom. The van der Waals surface area contributed by atoms with Crippen LogP contribution in [0.3, 0.4) is 0 Å². The summed E-state index contributed by atoms with van der Waals surface area (Å²) in [5.41, 5.74) is 0. The molecule has 1 aliphatic carbocycles. The van der Waals surface area contributed by atoms with Crippen LogP contribution in [0.15, 0.2) is 4.99 Å². The van der Waals surface area contributed by atoms with Gasteiger partial charge < -0.3 is 9.80 Å². The van der Waals surface area contributed by atoms with Gasteiger partial charge in [-0.15, -0.1) is 0 Å². The summed E-state index contributed by atoms with van der Waals surface area (Å²) >= 11 is 0. The predicted octanol–water partition coefficient (Wildman–Crippen LogP) is 2.19. The molecule has 0 radical (unpaired) electrons. The first-order valence-electron chi connectivity index (χ1n) is 6.67. The van der Waals surface area contributed by atoms with Gasteiger partial charge in [-0.3, -0.25) is 4.99 Å². The van der Waals surface area contributed by atoms with Gasteiger partial charge in [-0.1, -0.05) is 19.3 Å². The molecule has 0 bridgehead atoms. The lowest BCUT2D eigenvalue weighted by molar-refractivity contribution is 0.239. The van der Waals surface area contributed by atoms with Gasteiger partial charge in [0.15, 0.2) is 5.96 Å². The van der Waals surface area contributed by atoms with Crippen molar-refractivity contribution in [1.29, 1.82) is 0 Å². The second kappa shape index (κ2) is 5.07. The number of hydrogen-bond donors (Lipinski definition) is 0. The number of rotatable bonds is 2. The Labute approximate surface area is 99.5 Å². The van der Waals surface area contributed by atoms with Crippen LogP contribution in [-0.4, -0.2) is 49.0 Å². The third-order valence-corrected chi connectivity index (χ3v) is 3.87. The summed E-state index contributed by atoms with van der Waals surface area (Å²) in [6.45, 7) is 4.49. The van der Waals surface area contributed by atoms with Gasteiger partial charge in [-0.05, 0) is 25.7 Å². The molecule has 0 aromatic carbocycles. The van der Waals surface area contributed by atoms with E-state index in [0.717, 1.165) is 12.5 Å². The Morgan fingerprint density at radius 3 is 2.56 bits per heavy atom. The quantitative estimate of drug-likeness (QED) is 0.714. The van der Waals surface area contributed by atoms with Crippen molar-refractivity contribution < 1.29 is 0 Å². The summed E-state index contributed by atoms with van der Waals surface area (Å²) in [5, 5.41) is 0. The van der Waals surface area contributed by atoms with Gasteiger partial charge in [-0.2, -0.15) is 0 Å². The number of aliphatic imine (C=N–C) groups is 1. The van der Waals surface area contributed by atoms with E-state index in [1.165, 1.54) is 44.6 Å². The van der Waals surface area contributed by atoms with Crippen molar-refractivity contribution in [1.82, 2.24) is 9.80 Å². The van der Waals surface area contributed by atoms with E-state index in [4.69, 9.17) is 0 Å². The second-order valence-electron chi connectivity index (χ2n) is 5.54. The largest absolute Gasteiger partial charge is 0.349 e. The van der Waals surface area contributed by atoms with Crippen molar-refractivity contribution in [3.05, 3.63) is 0 Å². The van der Waals surface area contributed by atoms with Gasteiger partial charge >= 0.3 is 0 Å². The Morgan fingerprint density at radius 1 is 1.25 bits per heavy atom. The average Bonchev–Trinajstić information content (AvgIpc) is 2.62. The van der Waals surface area contributed by atoms with Crippen LogP contribution in [0.5, 0.6) is 0 Å². The smallest absolute Gasteiger partial charge is 0.196 e. The fourth-order valence-corrected chi connectivity index (χ4v) is 2.91. The molecule has 0 amide bonds. The number of nitrogens with zero attached hydrogens (tertiary/aromatic N) is 3. The SMILES string of the molecule is C[C@H]1CN=C(N(C)C)N1CC1CCCCC1. The molecule has 1 saturated carbocycles. The maximum absolute atomic E-state index is 4.63. The second-order valence-corrected chi connectivity index (χ2v) is 5.54. The molecule has 1 heterocycles. The zero-order valence-electron chi connectivity index (χ0n) is 10.9. The first-order valence-corrected chi connectivity index (χ1v) is 6.67. The number of guanidine groups is 1. The molecule has 2 rings (SSSR count). The van der Waals surface area contributed by atoms with E-state index in [9.17, 15) is 0 Å². The Bertz CT molecular complexity index is 254. The van der Waals surface area contributed by atoms with Crippen molar-refractivity contribution in [2.24, 2.45) is 10.9 Å². The zero-order chi connectivity index (χ0) is 11.5. The molecular weight excluding hydrogens is 198 g/mol. The molecule has 3 heteroatoms. The van der Waals surface area contributed by atoms with E-state index in [-0.39, 0.29) is 0 Å². The van der Waals surface area contributed by atoms with E-state index in [1.807, 2.05) is 0 Å². The van der Waals surface area contributed by atoms with Gasteiger partial charge in [0.1, 0.15) is 0 Å². The normalized spacial score (nSPS) is 27.1. The van der Waals surface area contributed by atoms with Crippen LogP contribution >= 0.6 is 0 Å². The summed E-state index contributed by atoms with van der Waals surface area (Å²) in [6, 6.07) is 0.597. The van der Waals surface area contributed by atoms with Crippen molar-refractivity contribution in [2.45, 2.75) is 45.1 Å². The molecule has 16 heavy (non-hydrogen) atoms. The minimum absolute atomic E-state index is 0.597. The summed E-state index contributed by atoms with van der Waals surface area (Å²) in [7, 11) is 4.20. The maximum atomic E-state index is 4.63. The molecule has 0 aromatic heterocycles. The molecule has 1 aliphatic heterocycles. The van der Waals surface area contributed by atoms with Crippen molar-refractivity contribution in [3.8, 4) is 0 Å². The number of hydrogen-bond acceptors (Lipinski definition) is 3. The van der Waals surface area contributed by atoms with Crippen LogP contribution in [0.2, 0.25) is 0 Å². The lowest BCUT2D eigenvalue weighted by Gasteiger charge is -2.33. The standard InChI is InChI=1S/C13H25N3/c1-11-9-14-13(15(2)3)16(11)10-12-7-5-4-6-8-12/h11-12H,4-10H2,1-3H3/t11-/m0/s1. The minimum atomic E-state index is 0.597. The molecule has 0 aromatic rings. The van der Waals surface area contributed by atoms with Gasteiger partial charge in [0.05, 0.1) is 6.54 Å². The van der Waals surface area contributed by atoms with Crippen LogP contribution < -0.4 is 0 Å². The lowest BCUT2D eigenvalue weighted by atomic mass is 9.89. The van der Waals surface area contributed by atoms with Gasteiger partial charge in [0.25, 0.3) is 0 Å². The van der Waals surface area contributed by atoms with Crippen LogP contribution in [0.1, 0.15) is 39.0 Å². The first-order chi connectivity index (χ1) is 7.68. The average molecular weight is 223 g/mol. The minimum Gasteiger partial charge on any atom is -0.349 e. The monoisotopic (exact) mass is 223 g/mol. The molecule has 1 atom stereocenters. The molecule has 0 saturated heterocycles. The van der Waals surface area contributed by atoms with E-state index >= 15 is 0 Å². The van der Waals surface area contributed by atoms with Gasteiger partial charge in [0.2, 0.25) is 0 Å². The molecule has 92 valence electrons. The van der Waals surface area contributed by atoms with E-state index in [2.05, 4.69) is 35.8 Å². The lowest BCUT2D eigenvalue weighted by Crippen LogP contribution is -2.44. The molecule has 3 nitrogen and oxygen atoms in total. The summed E-state index contributed by atoms with van der Waals surface area (Å²) in [5.74, 6) is 2.09. The predicted molar refractivity (Wildman–Crippen MR) is 68.7 cm³/mol. The fourth-order valence-electron chi connectivity index (χ4n) is 2.91. The molecule has 0 spiro atoms. The molecule has 2 aliphatic rings. The topological polar surface area (TPSA) is 18.8 Å². The third-order valence-electron chi connectivity index (χ3n) is 3.87. The molecular formula is C13H25N3. The maximum Gasteiger partial charge on any atom is 0.196 e. The van der Waals surface area contributed by atoms with E-state index in [1.54, 1.807) is 0 Å². The summed E-state index contributed by atoms with van der Waals surface area (Å²) < 4.78 is 0. The van der Waals surface area contributed by atoms with Gasteiger partial charge in [0, 0.05) is 26.7 Å². The first kappa shape index (κ1) is 11.7. The van der Waals surface area contributed by atoms with Crippen LogP contribution in [0.4, 0.5) is 0 Å². The Hall–Kier alpha value is -0.730. The summed E-state index contributed by atoms with van der Waals surface area (Å²) in [4.78, 5) is 9.30. The highest BCUT2D eigenvalue weighted by Crippen LogP contribution is 2.26. The molecule has 0 N–H and O–H groups in total. The van der Waals surface area contributed by atoms with E-state index in [0.29, 0.717) is 6.04 Å². The third kappa shape index (κ3) is 2.50. The Balaban J connectivity index is 1.93. The fraction of sp³-hybridized carbons (Fsp3) is 0.923. The highest BCUT2D eigenvalue weighted by atomic mass is 15.4. The Kier molecular flexibility index (Phi) is 3.72. The van der Waals surface area contributed by atoms with Crippen molar-refractivity contribution in [3.63, 3.8) is 0 Å². The molecule has 0 unspecified atom stereocenters.